The standard InChI is InChI=1S/C13H20N4/c14-12-7-15-16-17(12)8-13-4-9-1-10(5-13)3-11(2-9)6-13/h7,9-11H,1-6,8,14H2. The van der Waals surface area contributed by atoms with Gasteiger partial charge in [0.25, 0.3) is 0 Å². The average molecular weight is 232 g/mol. The summed E-state index contributed by atoms with van der Waals surface area (Å²) in [6, 6.07) is 0. The molecule has 92 valence electrons. The van der Waals surface area contributed by atoms with Crippen molar-refractivity contribution in [3.63, 3.8) is 0 Å². The van der Waals surface area contributed by atoms with Crippen LogP contribution in [0.4, 0.5) is 5.82 Å². The molecule has 0 amide bonds. The number of nitrogen functional groups attached to an aromatic ring is 1. The Kier molecular flexibility index (Phi) is 1.89. The molecular weight excluding hydrogens is 212 g/mol. The highest BCUT2D eigenvalue weighted by Crippen LogP contribution is 2.60. The van der Waals surface area contributed by atoms with E-state index in [4.69, 9.17) is 5.73 Å². The molecule has 0 unspecified atom stereocenters. The van der Waals surface area contributed by atoms with Gasteiger partial charge in [0, 0.05) is 0 Å². The van der Waals surface area contributed by atoms with Gasteiger partial charge >= 0.3 is 0 Å². The summed E-state index contributed by atoms with van der Waals surface area (Å²) in [5.74, 6) is 3.70. The highest BCUT2D eigenvalue weighted by molar-refractivity contribution is 5.22. The van der Waals surface area contributed by atoms with E-state index < -0.39 is 0 Å². The maximum Gasteiger partial charge on any atom is 0.142 e. The second-order valence-corrected chi connectivity index (χ2v) is 6.73. The zero-order valence-electron chi connectivity index (χ0n) is 10.2. The van der Waals surface area contributed by atoms with Crippen LogP contribution in [0.1, 0.15) is 38.5 Å². The molecule has 4 aliphatic carbocycles. The summed E-state index contributed by atoms with van der Waals surface area (Å²) in [6.07, 6.45) is 10.3. The van der Waals surface area contributed by atoms with E-state index in [1.165, 1.54) is 38.5 Å². The molecular formula is C13H20N4. The molecule has 4 aliphatic rings. The normalized spacial score (nSPS) is 43.2. The van der Waals surface area contributed by atoms with Crippen LogP contribution in [0.15, 0.2) is 6.20 Å². The Morgan fingerprint density at radius 2 is 1.76 bits per heavy atom. The molecule has 4 fully saturated rings. The lowest BCUT2D eigenvalue weighted by Crippen LogP contribution is -2.48. The van der Waals surface area contributed by atoms with Gasteiger partial charge in [0.1, 0.15) is 5.82 Å². The van der Waals surface area contributed by atoms with Crippen LogP contribution in [-0.2, 0) is 6.54 Å². The molecule has 4 heteroatoms. The summed E-state index contributed by atoms with van der Waals surface area (Å²) >= 11 is 0. The van der Waals surface area contributed by atoms with E-state index in [1.807, 2.05) is 4.68 Å². The van der Waals surface area contributed by atoms with Gasteiger partial charge in [0.15, 0.2) is 0 Å². The van der Waals surface area contributed by atoms with E-state index in [2.05, 4.69) is 10.3 Å². The lowest BCUT2D eigenvalue weighted by molar-refractivity contribution is -0.0634. The van der Waals surface area contributed by atoms with E-state index >= 15 is 0 Å². The first kappa shape index (κ1) is 9.92. The van der Waals surface area contributed by atoms with Gasteiger partial charge in [-0.05, 0) is 61.7 Å². The van der Waals surface area contributed by atoms with Crippen molar-refractivity contribution in [1.82, 2.24) is 15.0 Å². The van der Waals surface area contributed by atoms with Crippen molar-refractivity contribution < 1.29 is 0 Å². The molecule has 0 spiro atoms. The predicted octanol–water partition coefficient (Wildman–Crippen LogP) is 2.08. The third-order valence-corrected chi connectivity index (χ3v) is 5.30. The second-order valence-electron chi connectivity index (χ2n) is 6.73. The molecule has 1 aromatic rings. The van der Waals surface area contributed by atoms with Crippen molar-refractivity contribution in [1.29, 1.82) is 0 Å². The number of rotatable bonds is 2. The maximum absolute atomic E-state index is 5.91. The molecule has 0 aliphatic heterocycles. The quantitative estimate of drug-likeness (QED) is 0.849. The Bertz CT molecular complexity index is 401. The van der Waals surface area contributed by atoms with Crippen LogP contribution >= 0.6 is 0 Å². The zero-order chi connectivity index (χ0) is 11.5. The third-order valence-electron chi connectivity index (χ3n) is 5.30. The molecule has 1 aromatic heterocycles. The van der Waals surface area contributed by atoms with E-state index in [0.717, 1.165) is 30.1 Å². The molecule has 4 bridgehead atoms. The van der Waals surface area contributed by atoms with Crippen molar-refractivity contribution in [3.05, 3.63) is 6.20 Å². The maximum atomic E-state index is 5.91. The lowest BCUT2D eigenvalue weighted by Gasteiger charge is -2.56. The van der Waals surface area contributed by atoms with Gasteiger partial charge in [0.05, 0.1) is 12.7 Å². The molecule has 0 radical (unpaired) electrons. The highest BCUT2D eigenvalue weighted by Gasteiger charge is 2.51. The van der Waals surface area contributed by atoms with Crippen molar-refractivity contribution in [3.8, 4) is 0 Å². The van der Waals surface area contributed by atoms with Crippen LogP contribution in [0.25, 0.3) is 0 Å². The number of anilines is 1. The van der Waals surface area contributed by atoms with Gasteiger partial charge in [-0.25, -0.2) is 4.68 Å². The van der Waals surface area contributed by atoms with Crippen molar-refractivity contribution in [2.75, 3.05) is 5.73 Å². The largest absolute Gasteiger partial charge is 0.383 e. The van der Waals surface area contributed by atoms with Crippen molar-refractivity contribution in [2.24, 2.45) is 23.2 Å². The van der Waals surface area contributed by atoms with Gasteiger partial charge in [0.2, 0.25) is 0 Å². The summed E-state index contributed by atoms with van der Waals surface area (Å²) in [5.41, 5.74) is 6.40. The van der Waals surface area contributed by atoms with Gasteiger partial charge in [-0.2, -0.15) is 0 Å². The van der Waals surface area contributed by atoms with E-state index in [9.17, 15) is 0 Å². The van der Waals surface area contributed by atoms with Crippen LogP contribution in [0.5, 0.6) is 0 Å². The molecule has 0 saturated heterocycles. The zero-order valence-corrected chi connectivity index (χ0v) is 10.2. The Morgan fingerprint density at radius 1 is 1.18 bits per heavy atom. The Morgan fingerprint density at radius 3 is 2.24 bits per heavy atom. The van der Waals surface area contributed by atoms with Crippen LogP contribution < -0.4 is 5.73 Å². The fourth-order valence-corrected chi connectivity index (χ4v) is 5.19. The molecule has 1 heterocycles. The average Bonchev–Trinajstić information content (AvgIpc) is 2.61. The molecule has 2 N–H and O–H groups in total. The van der Waals surface area contributed by atoms with Crippen LogP contribution in [0.2, 0.25) is 0 Å². The number of hydrogen-bond donors (Lipinski definition) is 1. The smallest absolute Gasteiger partial charge is 0.142 e. The lowest BCUT2D eigenvalue weighted by atomic mass is 9.49. The third kappa shape index (κ3) is 1.49. The van der Waals surface area contributed by atoms with Crippen molar-refractivity contribution >= 4 is 5.82 Å². The minimum absolute atomic E-state index is 0.497. The summed E-state index contributed by atoms with van der Waals surface area (Å²) in [7, 11) is 0. The fourth-order valence-electron chi connectivity index (χ4n) is 5.19. The Balaban J connectivity index is 1.62. The summed E-state index contributed by atoms with van der Waals surface area (Å²) in [4.78, 5) is 0. The first-order valence-electron chi connectivity index (χ1n) is 6.86. The number of hydrogen-bond acceptors (Lipinski definition) is 3. The molecule has 0 atom stereocenters. The number of aromatic nitrogens is 3. The van der Waals surface area contributed by atoms with Crippen LogP contribution in [-0.4, -0.2) is 15.0 Å². The molecule has 5 rings (SSSR count). The van der Waals surface area contributed by atoms with Gasteiger partial charge in [-0.1, -0.05) is 5.21 Å². The minimum Gasteiger partial charge on any atom is -0.383 e. The monoisotopic (exact) mass is 232 g/mol. The highest BCUT2D eigenvalue weighted by atomic mass is 15.4. The Labute approximate surface area is 102 Å². The SMILES string of the molecule is Nc1cnnn1CC12CC3CC(CC(C3)C1)C2. The van der Waals surface area contributed by atoms with Crippen LogP contribution in [0.3, 0.4) is 0 Å². The van der Waals surface area contributed by atoms with Gasteiger partial charge < -0.3 is 5.73 Å². The minimum atomic E-state index is 0.497. The summed E-state index contributed by atoms with van der Waals surface area (Å²) in [6.45, 7) is 1.00. The topological polar surface area (TPSA) is 56.7 Å². The first-order valence-corrected chi connectivity index (χ1v) is 6.86. The van der Waals surface area contributed by atoms with Crippen LogP contribution in [0, 0.1) is 23.2 Å². The fraction of sp³-hybridized carbons (Fsp3) is 0.846. The molecule has 0 aromatic carbocycles. The van der Waals surface area contributed by atoms with Crippen molar-refractivity contribution in [2.45, 2.75) is 45.1 Å². The number of nitrogens with two attached hydrogens (primary N) is 1. The predicted molar refractivity (Wildman–Crippen MR) is 65.0 cm³/mol. The summed E-state index contributed by atoms with van der Waals surface area (Å²) < 4.78 is 1.92. The molecule has 4 saturated carbocycles. The Hall–Kier alpha value is -1.06. The van der Waals surface area contributed by atoms with Gasteiger partial charge in [-0.15, -0.1) is 5.10 Å². The molecule has 17 heavy (non-hydrogen) atoms. The van der Waals surface area contributed by atoms with Gasteiger partial charge in [-0.3, -0.25) is 0 Å². The number of nitrogens with zero attached hydrogens (tertiary/aromatic N) is 3. The second kappa shape index (κ2) is 3.24. The van der Waals surface area contributed by atoms with E-state index in [1.54, 1.807) is 6.20 Å². The van der Waals surface area contributed by atoms with E-state index in [-0.39, 0.29) is 0 Å². The first-order chi connectivity index (χ1) is 8.22. The molecule has 4 nitrogen and oxygen atoms in total. The van der Waals surface area contributed by atoms with E-state index in [0.29, 0.717) is 5.41 Å². The summed E-state index contributed by atoms with van der Waals surface area (Å²) in [5, 5.41) is 8.04.